The number of carbonyl (C=O) groups excluding carboxylic acids is 2. The molecule has 226 valence electrons. The van der Waals surface area contributed by atoms with Gasteiger partial charge in [-0.1, -0.05) is 19.1 Å². The lowest BCUT2D eigenvalue weighted by atomic mass is 9.74. The van der Waals surface area contributed by atoms with Gasteiger partial charge in [0, 0.05) is 51.9 Å². The molecule has 2 aliphatic rings. The lowest BCUT2D eigenvalue weighted by Crippen LogP contribution is -2.45. The molecule has 10 nitrogen and oxygen atoms in total. The molecule has 0 aliphatic carbocycles. The quantitative estimate of drug-likeness (QED) is 0.483. The maximum absolute atomic E-state index is 12.5. The summed E-state index contributed by atoms with van der Waals surface area (Å²) in [5.41, 5.74) is 1.70. The van der Waals surface area contributed by atoms with E-state index in [2.05, 4.69) is 47.3 Å². The smallest absolute Gasteiger partial charge is 0.410 e. The van der Waals surface area contributed by atoms with Gasteiger partial charge in [0.05, 0.1) is 6.20 Å². The monoisotopic (exact) mass is 575 g/mol. The zero-order valence-electron chi connectivity index (χ0n) is 26.1. The molecule has 10 heteroatoms. The number of piperidine rings is 2. The molecule has 3 heterocycles. The first kappa shape index (κ1) is 31.1. The Morgan fingerprint density at radius 2 is 1.83 bits per heavy atom. The van der Waals surface area contributed by atoms with Crippen molar-refractivity contribution in [1.29, 1.82) is 5.26 Å². The van der Waals surface area contributed by atoms with Crippen LogP contribution < -0.4 is 10.2 Å². The average Bonchev–Trinajstić information content (AvgIpc) is 2.94. The average molecular weight is 576 g/mol. The second-order valence-electron chi connectivity index (χ2n) is 13.1. The van der Waals surface area contributed by atoms with Crippen LogP contribution in [0.3, 0.4) is 0 Å². The molecular formula is C32H45N7O3. The molecular weight excluding hydrogens is 530 g/mol. The van der Waals surface area contributed by atoms with Crippen molar-refractivity contribution >= 4 is 29.3 Å². The third-order valence-electron chi connectivity index (χ3n) is 8.61. The van der Waals surface area contributed by atoms with Gasteiger partial charge in [-0.15, -0.1) is 0 Å². The molecule has 0 spiro atoms. The molecule has 2 atom stereocenters. The van der Waals surface area contributed by atoms with Crippen LogP contribution in [0.1, 0.15) is 78.0 Å². The van der Waals surface area contributed by atoms with Gasteiger partial charge in [-0.2, -0.15) is 5.26 Å². The topological polar surface area (TPSA) is 115 Å². The van der Waals surface area contributed by atoms with Crippen LogP contribution in [0.25, 0.3) is 0 Å². The highest BCUT2D eigenvalue weighted by molar-refractivity contribution is 5.76. The number of likely N-dealkylation sites (tertiary alicyclic amines) is 1. The third-order valence-corrected chi connectivity index (χ3v) is 8.61. The Balaban J connectivity index is 1.44. The summed E-state index contributed by atoms with van der Waals surface area (Å²) >= 11 is 0. The molecule has 42 heavy (non-hydrogen) atoms. The van der Waals surface area contributed by atoms with Crippen molar-refractivity contribution in [3.63, 3.8) is 0 Å². The van der Waals surface area contributed by atoms with Gasteiger partial charge in [-0.3, -0.25) is 4.79 Å². The van der Waals surface area contributed by atoms with E-state index in [4.69, 9.17) is 9.72 Å². The number of benzene rings is 1. The van der Waals surface area contributed by atoms with Crippen LogP contribution in [0.4, 0.5) is 22.1 Å². The van der Waals surface area contributed by atoms with Crippen LogP contribution in [-0.4, -0.2) is 77.1 Å². The number of hydrogen-bond donors (Lipinski definition) is 1. The van der Waals surface area contributed by atoms with Crippen molar-refractivity contribution in [2.75, 3.05) is 43.9 Å². The second kappa shape index (κ2) is 12.6. The van der Waals surface area contributed by atoms with Crippen LogP contribution in [-0.2, 0) is 14.9 Å². The van der Waals surface area contributed by atoms with Gasteiger partial charge in [0.25, 0.3) is 0 Å². The Hall–Kier alpha value is -3.87. The van der Waals surface area contributed by atoms with Crippen molar-refractivity contribution in [1.82, 2.24) is 19.8 Å². The standard InChI is InChI=1S/C32H45N7O3/c1-22-23(19-28(40)37(6)7)9-8-16-39(22)27-21-34-26(20-33)29(36-27)35-25-12-10-24(11-13-25)32(5)14-17-38(18-15-32)30(41)42-31(2,3)4/h10-13,21-23H,8-9,14-19H2,1-7H3,(H,35,36)/t22-,23+/m1/s1. The largest absolute Gasteiger partial charge is 0.444 e. The van der Waals surface area contributed by atoms with E-state index >= 15 is 0 Å². The summed E-state index contributed by atoms with van der Waals surface area (Å²) in [6, 6.07) is 10.5. The number of aromatic nitrogens is 2. The van der Waals surface area contributed by atoms with Crippen molar-refractivity contribution in [3.8, 4) is 6.07 Å². The van der Waals surface area contributed by atoms with Gasteiger partial charge in [0.15, 0.2) is 11.5 Å². The van der Waals surface area contributed by atoms with Crippen LogP contribution in [0.2, 0.25) is 0 Å². The van der Waals surface area contributed by atoms with E-state index in [1.807, 2.05) is 32.9 Å². The molecule has 0 unspecified atom stereocenters. The van der Waals surface area contributed by atoms with E-state index in [0.29, 0.717) is 31.1 Å². The van der Waals surface area contributed by atoms with E-state index in [1.165, 1.54) is 5.56 Å². The summed E-state index contributed by atoms with van der Waals surface area (Å²) in [6.07, 6.45) is 5.57. The number of nitrogens with zero attached hydrogens (tertiary/aromatic N) is 6. The normalized spacial score (nSPS) is 20.4. The molecule has 2 saturated heterocycles. The van der Waals surface area contributed by atoms with Gasteiger partial charge >= 0.3 is 6.09 Å². The first-order chi connectivity index (χ1) is 19.8. The van der Waals surface area contributed by atoms with Crippen molar-refractivity contribution < 1.29 is 14.3 Å². The number of nitrogens with one attached hydrogen (secondary N) is 1. The summed E-state index contributed by atoms with van der Waals surface area (Å²) in [7, 11) is 3.58. The Morgan fingerprint density at radius 1 is 1.17 bits per heavy atom. The minimum Gasteiger partial charge on any atom is -0.444 e. The van der Waals surface area contributed by atoms with Crippen LogP contribution in [0, 0.1) is 17.2 Å². The second-order valence-corrected chi connectivity index (χ2v) is 13.1. The number of anilines is 3. The van der Waals surface area contributed by atoms with Crippen LogP contribution in [0.15, 0.2) is 30.5 Å². The number of nitriles is 1. The zero-order chi connectivity index (χ0) is 30.7. The third kappa shape index (κ3) is 7.30. The molecule has 1 aromatic heterocycles. The fourth-order valence-electron chi connectivity index (χ4n) is 5.80. The number of hydrogen-bond acceptors (Lipinski definition) is 8. The fourth-order valence-corrected chi connectivity index (χ4v) is 5.80. The van der Waals surface area contributed by atoms with E-state index in [9.17, 15) is 14.9 Å². The number of amides is 2. The molecule has 1 N–H and O–H groups in total. The van der Waals surface area contributed by atoms with Crippen molar-refractivity contribution in [3.05, 3.63) is 41.7 Å². The molecule has 2 amide bonds. The van der Waals surface area contributed by atoms with Gasteiger partial charge in [-0.05, 0) is 82.4 Å². The Labute approximate surface area is 250 Å². The predicted octanol–water partition coefficient (Wildman–Crippen LogP) is 5.46. The van der Waals surface area contributed by atoms with Crippen molar-refractivity contribution in [2.45, 2.75) is 83.8 Å². The summed E-state index contributed by atoms with van der Waals surface area (Å²) in [5, 5.41) is 13.0. The SMILES string of the molecule is C[C@@H]1[C@H](CC(=O)N(C)C)CCCN1c1cnc(C#N)c(Nc2ccc(C3(C)CCN(C(=O)OC(C)(C)C)CC3)cc2)n1. The van der Waals surface area contributed by atoms with Crippen molar-refractivity contribution in [2.24, 2.45) is 5.92 Å². The molecule has 2 fully saturated rings. The summed E-state index contributed by atoms with van der Waals surface area (Å²) in [6.45, 7) is 12.2. The van der Waals surface area contributed by atoms with E-state index < -0.39 is 5.60 Å². The Kier molecular flexibility index (Phi) is 9.29. The summed E-state index contributed by atoms with van der Waals surface area (Å²) in [4.78, 5) is 39.8. The molecule has 0 saturated carbocycles. The van der Waals surface area contributed by atoms with Gasteiger partial charge < -0.3 is 24.8 Å². The van der Waals surface area contributed by atoms with E-state index in [0.717, 1.165) is 37.9 Å². The minimum absolute atomic E-state index is 0.0521. The van der Waals surface area contributed by atoms with E-state index in [-0.39, 0.29) is 35.1 Å². The molecule has 0 bridgehead atoms. The van der Waals surface area contributed by atoms with Gasteiger partial charge in [0.1, 0.15) is 17.5 Å². The molecule has 0 radical (unpaired) electrons. The van der Waals surface area contributed by atoms with Gasteiger partial charge in [-0.25, -0.2) is 14.8 Å². The Morgan fingerprint density at radius 3 is 2.43 bits per heavy atom. The number of ether oxygens (including phenoxy) is 1. The highest BCUT2D eigenvalue weighted by atomic mass is 16.6. The maximum atomic E-state index is 12.5. The summed E-state index contributed by atoms with van der Waals surface area (Å²) < 4.78 is 5.55. The van der Waals surface area contributed by atoms with E-state index in [1.54, 1.807) is 30.1 Å². The molecule has 2 aliphatic heterocycles. The number of carbonyl (C=O) groups is 2. The lowest BCUT2D eigenvalue weighted by Gasteiger charge is -2.40. The van der Waals surface area contributed by atoms with Crippen LogP contribution in [0.5, 0.6) is 0 Å². The highest BCUT2D eigenvalue weighted by Gasteiger charge is 2.35. The first-order valence-electron chi connectivity index (χ1n) is 14.9. The maximum Gasteiger partial charge on any atom is 0.410 e. The lowest BCUT2D eigenvalue weighted by molar-refractivity contribution is -0.130. The van der Waals surface area contributed by atoms with Crippen LogP contribution >= 0.6 is 0 Å². The first-order valence-corrected chi connectivity index (χ1v) is 14.9. The molecule has 1 aromatic carbocycles. The van der Waals surface area contributed by atoms with Gasteiger partial charge in [0.2, 0.25) is 5.91 Å². The predicted molar refractivity (Wildman–Crippen MR) is 164 cm³/mol. The minimum atomic E-state index is -0.503. The fraction of sp³-hybridized carbons (Fsp3) is 0.594. The molecule has 2 aromatic rings. The summed E-state index contributed by atoms with van der Waals surface area (Å²) in [5.74, 6) is 1.48. The zero-order valence-corrected chi connectivity index (χ0v) is 26.1. The highest BCUT2D eigenvalue weighted by Crippen LogP contribution is 2.36. The number of rotatable bonds is 6. The molecule has 4 rings (SSSR count). The Bertz CT molecular complexity index is 1300.